The van der Waals surface area contributed by atoms with Gasteiger partial charge in [0.15, 0.2) is 5.78 Å². The third-order valence-electron chi connectivity index (χ3n) is 4.23. The van der Waals surface area contributed by atoms with Crippen molar-refractivity contribution in [2.45, 2.75) is 32.6 Å². The molecule has 1 aliphatic carbocycles. The fraction of sp³-hybridized carbons (Fsp3) is 0.500. The summed E-state index contributed by atoms with van der Waals surface area (Å²) in [5, 5.41) is 12.0. The van der Waals surface area contributed by atoms with E-state index in [2.05, 4.69) is 5.32 Å². The molecule has 2 rings (SSSR count). The zero-order chi connectivity index (χ0) is 14.6. The van der Waals surface area contributed by atoms with E-state index < -0.39 is 0 Å². The molecule has 0 aromatic heterocycles. The van der Waals surface area contributed by atoms with E-state index in [1.165, 1.54) is 6.92 Å². The molecule has 0 saturated heterocycles. The van der Waals surface area contributed by atoms with E-state index in [0.29, 0.717) is 17.7 Å². The molecule has 0 radical (unpaired) electrons. The summed E-state index contributed by atoms with van der Waals surface area (Å²) in [6, 6.07) is 6.86. The first kappa shape index (κ1) is 14.7. The fourth-order valence-electron chi connectivity index (χ4n) is 2.78. The van der Waals surface area contributed by atoms with Crippen molar-refractivity contribution in [3.05, 3.63) is 35.4 Å². The van der Waals surface area contributed by atoms with Crippen LogP contribution in [0.3, 0.4) is 0 Å². The third-order valence-corrected chi connectivity index (χ3v) is 4.23. The van der Waals surface area contributed by atoms with Gasteiger partial charge in [0.05, 0.1) is 5.56 Å². The number of benzene rings is 1. The Morgan fingerprint density at radius 1 is 1.25 bits per heavy atom. The highest BCUT2D eigenvalue weighted by molar-refractivity contribution is 6.07. The summed E-state index contributed by atoms with van der Waals surface area (Å²) in [6.07, 6.45) is 3.96. The number of carbonyl (C=O) groups excluding carboxylic acids is 2. The summed E-state index contributed by atoms with van der Waals surface area (Å²) in [6.45, 7) is 2.18. The molecule has 2 N–H and O–H groups in total. The number of rotatable bonds is 6. The van der Waals surface area contributed by atoms with Crippen LogP contribution in [0.15, 0.2) is 24.3 Å². The molecule has 0 aliphatic heterocycles. The van der Waals surface area contributed by atoms with Crippen molar-refractivity contribution in [1.82, 2.24) is 5.32 Å². The normalized spacial score (nSPS) is 16.3. The van der Waals surface area contributed by atoms with Crippen LogP contribution in [0.5, 0.6) is 0 Å². The van der Waals surface area contributed by atoms with Gasteiger partial charge in [-0.2, -0.15) is 0 Å². The number of hydrogen-bond acceptors (Lipinski definition) is 3. The second kappa shape index (κ2) is 6.18. The van der Waals surface area contributed by atoms with Gasteiger partial charge in [-0.3, -0.25) is 9.59 Å². The van der Waals surface area contributed by atoms with Crippen LogP contribution in [0, 0.1) is 5.41 Å². The first-order chi connectivity index (χ1) is 9.58. The number of Topliss-reactive ketones (excluding diaryl/α,β-unsaturated/α-hetero) is 1. The molecule has 1 saturated carbocycles. The average Bonchev–Trinajstić information content (AvgIpc) is 2.41. The minimum absolute atomic E-state index is 0.0512. The van der Waals surface area contributed by atoms with E-state index >= 15 is 0 Å². The molecule has 1 aromatic rings. The monoisotopic (exact) mass is 275 g/mol. The second-order valence-corrected chi connectivity index (χ2v) is 5.61. The van der Waals surface area contributed by atoms with Crippen LogP contribution in [-0.2, 0) is 0 Å². The zero-order valence-corrected chi connectivity index (χ0v) is 11.8. The molecule has 0 bridgehead atoms. The summed E-state index contributed by atoms with van der Waals surface area (Å²) < 4.78 is 0. The van der Waals surface area contributed by atoms with Crippen LogP contribution in [0.2, 0.25) is 0 Å². The zero-order valence-electron chi connectivity index (χ0n) is 11.8. The highest BCUT2D eigenvalue weighted by atomic mass is 16.3. The Morgan fingerprint density at radius 2 is 1.90 bits per heavy atom. The van der Waals surface area contributed by atoms with Gasteiger partial charge in [0.2, 0.25) is 0 Å². The van der Waals surface area contributed by atoms with Crippen LogP contribution in [0.25, 0.3) is 0 Å². The first-order valence-electron chi connectivity index (χ1n) is 7.07. The first-order valence-corrected chi connectivity index (χ1v) is 7.07. The number of aliphatic hydroxyl groups excluding tert-OH is 1. The topological polar surface area (TPSA) is 66.4 Å². The number of nitrogens with one attached hydrogen (secondary N) is 1. The van der Waals surface area contributed by atoms with E-state index in [4.69, 9.17) is 5.11 Å². The Hall–Kier alpha value is -1.68. The van der Waals surface area contributed by atoms with Gasteiger partial charge in [0.1, 0.15) is 0 Å². The predicted octanol–water partition coefficient (Wildman–Crippen LogP) is 2.17. The molecular formula is C16H21NO3. The Labute approximate surface area is 119 Å². The number of carbonyl (C=O) groups is 2. The summed E-state index contributed by atoms with van der Waals surface area (Å²) in [5.41, 5.74) is 0.934. The number of aliphatic hydroxyl groups is 1. The maximum atomic E-state index is 12.2. The maximum absolute atomic E-state index is 12.2. The lowest BCUT2D eigenvalue weighted by atomic mass is 9.67. The largest absolute Gasteiger partial charge is 0.396 e. The molecule has 20 heavy (non-hydrogen) atoms. The third kappa shape index (κ3) is 3.07. The molecule has 0 unspecified atom stereocenters. The molecule has 4 heteroatoms. The standard InChI is InChI=1S/C16H21NO3/c1-12(19)13-5-2-3-6-14(13)15(20)17-11-16(9-10-18)7-4-8-16/h2-3,5-6,18H,4,7-11H2,1H3,(H,17,20). The Bertz CT molecular complexity index is 506. The van der Waals surface area contributed by atoms with Crippen molar-refractivity contribution < 1.29 is 14.7 Å². The lowest BCUT2D eigenvalue weighted by Gasteiger charge is -2.41. The van der Waals surface area contributed by atoms with Gasteiger partial charge in [-0.25, -0.2) is 0 Å². The Morgan fingerprint density at radius 3 is 2.40 bits per heavy atom. The van der Waals surface area contributed by atoms with Crippen LogP contribution in [0.1, 0.15) is 53.3 Å². The summed E-state index contributed by atoms with van der Waals surface area (Å²) >= 11 is 0. The van der Waals surface area contributed by atoms with Crippen LogP contribution >= 0.6 is 0 Å². The van der Waals surface area contributed by atoms with E-state index in [0.717, 1.165) is 25.7 Å². The molecule has 0 atom stereocenters. The minimum Gasteiger partial charge on any atom is -0.396 e. The molecule has 0 spiro atoms. The van der Waals surface area contributed by atoms with Gasteiger partial charge < -0.3 is 10.4 Å². The van der Waals surface area contributed by atoms with E-state index in [1.807, 2.05) is 0 Å². The minimum atomic E-state index is -0.208. The van der Waals surface area contributed by atoms with Gasteiger partial charge in [-0.05, 0) is 37.7 Å². The molecule has 1 fully saturated rings. The van der Waals surface area contributed by atoms with Gasteiger partial charge in [-0.15, -0.1) is 0 Å². The Kier molecular flexibility index (Phi) is 4.55. The van der Waals surface area contributed by atoms with E-state index in [-0.39, 0.29) is 23.7 Å². The van der Waals surface area contributed by atoms with Gasteiger partial charge in [-0.1, -0.05) is 24.6 Å². The van der Waals surface area contributed by atoms with Crippen molar-refractivity contribution in [3.8, 4) is 0 Å². The van der Waals surface area contributed by atoms with Crippen molar-refractivity contribution in [2.75, 3.05) is 13.2 Å². The van der Waals surface area contributed by atoms with E-state index in [1.54, 1.807) is 24.3 Å². The average molecular weight is 275 g/mol. The van der Waals surface area contributed by atoms with Gasteiger partial charge in [0.25, 0.3) is 5.91 Å². The van der Waals surface area contributed by atoms with Crippen LogP contribution < -0.4 is 5.32 Å². The fourth-order valence-corrected chi connectivity index (χ4v) is 2.78. The quantitative estimate of drug-likeness (QED) is 0.782. The molecule has 1 amide bonds. The van der Waals surface area contributed by atoms with Crippen molar-refractivity contribution in [2.24, 2.45) is 5.41 Å². The highest BCUT2D eigenvalue weighted by Crippen LogP contribution is 2.43. The molecular weight excluding hydrogens is 254 g/mol. The predicted molar refractivity (Wildman–Crippen MR) is 76.8 cm³/mol. The molecule has 1 aromatic carbocycles. The Balaban J connectivity index is 2.04. The van der Waals surface area contributed by atoms with Crippen molar-refractivity contribution >= 4 is 11.7 Å². The molecule has 108 valence electrons. The second-order valence-electron chi connectivity index (χ2n) is 5.61. The van der Waals surface area contributed by atoms with Crippen molar-refractivity contribution in [1.29, 1.82) is 0 Å². The van der Waals surface area contributed by atoms with Gasteiger partial charge in [0, 0.05) is 18.7 Å². The van der Waals surface area contributed by atoms with Crippen LogP contribution in [0.4, 0.5) is 0 Å². The SMILES string of the molecule is CC(=O)c1ccccc1C(=O)NCC1(CCO)CCC1. The lowest BCUT2D eigenvalue weighted by molar-refractivity contribution is 0.0730. The van der Waals surface area contributed by atoms with Gasteiger partial charge >= 0.3 is 0 Å². The number of hydrogen-bond donors (Lipinski definition) is 2. The lowest BCUT2D eigenvalue weighted by Crippen LogP contribution is -2.43. The summed E-state index contributed by atoms with van der Waals surface area (Å²) in [4.78, 5) is 23.8. The molecule has 0 heterocycles. The number of amides is 1. The highest BCUT2D eigenvalue weighted by Gasteiger charge is 2.36. The smallest absolute Gasteiger partial charge is 0.252 e. The van der Waals surface area contributed by atoms with E-state index in [9.17, 15) is 9.59 Å². The molecule has 4 nitrogen and oxygen atoms in total. The summed E-state index contributed by atoms with van der Waals surface area (Å²) in [5.74, 6) is -0.315. The number of ketones is 1. The summed E-state index contributed by atoms with van der Waals surface area (Å²) in [7, 11) is 0. The van der Waals surface area contributed by atoms with Crippen LogP contribution in [-0.4, -0.2) is 29.9 Å². The maximum Gasteiger partial charge on any atom is 0.252 e. The van der Waals surface area contributed by atoms with Crippen molar-refractivity contribution in [3.63, 3.8) is 0 Å². The molecule has 1 aliphatic rings.